The smallest absolute Gasteiger partial charge is 0.278 e. The van der Waals surface area contributed by atoms with Crippen LogP contribution in [0.5, 0.6) is 5.75 Å². The summed E-state index contributed by atoms with van der Waals surface area (Å²) in [6.45, 7) is 1.79. The molecular weight excluding hydrogens is 390 g/mol. The molecule has 2 rings (SSSR count). The number of aryl methyl sites for hydroxylation is 1. The minimum Gasteiger partial charge on any atom is -0.483 e. The van der Waals surface area contributed by atoms with Crippen molar-refractivity contribution < 1.29 is 14.5 Å². The van der Waals surface area contributed by atoms with Crippen molar-refractivity contribution in [1.82, 2.24) is 5.43 Å². The van der Waals surface area contributed by atoms with Crippen LogP contribution in [-0.2, 0) is 11.2 Å². The largest absolute Gasteiger partial charge is 0.483 e. The van der Waals surface area contributed by atoms with Gasteiger partial charge in [0.2, 0.25) is 0 Å². The predicted octanol–water partition coefficient (Wildman–Crippen LogP) is 3.45. The number of carbonyl (C=O) groups is 1. The van der Waals surface area contributed by atoms with Gasteiger partial charge in [0.25, 0.3) is 11.6 Å². The second kappa shape index (κ2) is 8.93. The first-order valence-electron chi connectivity index (χ1n) is 7.47. The first-order chi connectivity index (χ1) is 12.0. The summed E-state index contributed by atoms with van der Waals surface area (Å²) >= 11 is 3.39. The average Bonchev–Trinajstić information content (AvgIpc) is 2.60. The Hall–Kier alpha value is -2.74. The standard InChI is InChI=1S/C17H16BrN3O4/c1-2-12-9-14(18)7-8-16(12)25-11-17(22)20-19-10-13-5-3-4-6-15(13)21(23)24/h3-10H,2,11H2,1H3,(H,20,22)/b19-10+. The van der Waals surface area contributed by atoms with Crippen molar-refractivity contribution in [3.05, 3.63) is 68.2 Å². The highest BCUT2D eigenvalue weighted by Gasteiger charge is 2.10. The van der Waals surface area contributed by atoms with Crippen LogP contribution in [0.15, 0.2) is 52.0 Å². The lowest BCUT2D eigenvalue weighted by Crippen LogP contribution is -2.24. The molecule has 1 N–H and O–H groups in total. The molecule has 0 aromatic heterocycles. The zero-order valence-electron chi connectivity index (χ0n) is 13.4. The van der Waals surface area contributed by atoms with Crippen molar-refractivity contribution >= 4 is 33.7 Å². The van der Waals surface area contributed by atoms with Gasteiger partial charge in [0.15, 0.2) is 6.61 Å². The fraction of sp³-hybridized carbons (Fsp3) is 0.176. The van der Waals surface area contributed by atoms with Gasteiger partial charge in [0, 0.05) is 10.5 Å². The molecule has 2 aromatic rings. The highest BCUT2D eigenvalue weighted by Crippen LogP contribution is 2.23. The minimum absolute atomic E-state index is 0.0841. The van der Waals surface area contributed by atoms with E-state index in [-0.39, 0.29) is 12.3 Å². The Morgan fingerprint density at radius 2 is 2.12 bits per heavy atom. The van der Waals surface area contributed by atoms with E-state index < -0.39 is 10.8 Å². The molecule has 0 saturated heterocycles. The molecule has 25 heavy (non-hydrogen) atoms. The maximum atomic E-state index is 11.8. The van der Waals surface area contributed by atoms with E-state index in [1.807, 2.05) is 19.1 Å². The second-order valence-electron chi connectivity index (χ2n) is 5.00. The lowest BCUT2D eigenvalue weighted by atomic mass is 10.1. The van der Waals surface area contributed by atoms with Gasteiger partial charge < -0.3 is 4.74 Å². The number of nitrogens with zero attached hydrogens (tertiary/aromatic N) is 2. The van der Waals surface area contributed by atoms with E-state index in [9.17, 15) is 14.9 Å². The fourth-order valence-corrected chi connectivity index (χ4v) is 2.49. The van der Waals surface area contributed by atoms with Crippen LogP contribution in [-0.4, -0.2) is 23.7 Å². The van der Waals surface area contributed by atoms with Crippen molar-refractivity contribution in [2.24, 2.45) is 5.10 Å². The van der Waals surface area contributed by atoms with Crippen LogP contribution in [0.3, 0.4) is 0 Å². The molecule has 0 fully saturated rings. The predicted molar refractivity (Wildman–Crippen MR) is 97.8 cm³/mol. The Morgan fingerprint density at radius 3 is 2.84 bits per heavy atom. The molecule has 130 valence electrons. The van der Waals surface area contributed by atoms with E-state index in [0.29, 0.717) is 11.3 Å². The van der Waals surface area contributed by atoms with E-state index in [0.717, 1.165) is 16.5 Å². The van der Waals surface area contributed by atoms with E-state index in [1.165, 1.54) is 12.3 Å². The summed E-state index contributed by atoms with van der Waals surface area (Å²) in [6.07, 6.45) is 2.00. The lowest BCUT2D eigenvalue weighted by molar-refractivity contribution is -0.385. The van der Waals surface area contributed by atoms with Crippen molar-refractivity contribution in [2.75, 3.05) is 6.61 Å². The Morgan fingerprint density at radius 1 is 1.36 bits per heavy atom. The Labute approximate surface area is 153 Å². The van der Waals surface area contributed by atoms with Crippen LogP contribution in [0.25, 0.3) is 0 Å². The topological polar surface area (TPSA) is 93.8 Å². The van der Waals surface area contributed by atoms with Gasteiger partial charge in [-0.2, -0.15) is 5.10 Å². The molecule has 0 saturated carbocycles. The highest BCUT2D eigenvalue weighted by atomic mass is 79.9. The first-order valence-corrected chi connectivity index (χ1v) is 8.27. The van der Waals surface area contributed by atoms with Gasteiger partial charge in [0.05, 0.1) is 16.7 Å². The number of amides is 1. The number of benzene rings is 2. The third-order valence-corrected chi connectivity index (χ3v) is 3.78. The number of hydrogen-bond acceptors (Lipinski definition) is 5. The molecule has 7 nitrogen and oxygen atoms in total. The van der Waals surface area contributed by atoms with Crippen LogP contribution in [0.2, 0.25) is 0 Å². The summed E-state index contributed by atoms with van der Waals surface area (Å²) in [4.78, 5) is 22.2. The zero-order valence-corrected chi connectivity index (χ0v) is 15.0. The van der Waals surface area contributed by atoms with Gasteiger partial charge in [-0.05, 0) is 36.2 Å². The van der Waals surface area contributed by atoms with E-state index in [4.69, 9.17) is 4.74 Å². The Kier molecular flexibility index (Phi) is 6.64. The summed E-state index contributed by atoms with van der Waals surface area (Å²) in [5.74, 6) is 0.170. The van der Waals surface area contributed by atoms with Gasteiger partial charge in [0.1, 0.15) is 5.75 Å². The average molecular weight is 406 g/mol. The lowest BCUT2D eigenvalue weighted by Gasteiger charge is -2.09. The number of nitro benzene ring substituents is 1. The molecule has 0 radical (unpaired) electrons. The minimum atomic E-state index is -0.508. The van der Waals surface area contributed by atoms with E-state index >= 15 is 0 Å². The molecule has 0 spiro atoms. The van der Waals surface area contributed by atoms with Crippen molar-refractivity contribution in [1.29, 1.82) is 0 Å². The summed E-state index contributed by atoms with van der Waals surface area (Å²) < 4.78 is 6.43. The van der Waals surface area contributed by atoms with Gasteiger partial charge in [-0.15, -0.1) is 0 Å². The van der Waals surface area contributed by atoms with Crippen LogP contribution < -0.4 is 10.2 Å². The molecule has 8 heteroatoms. The third-order valence-electron chi connectivity index (χ3n) is 3.29. The summed E-state index contributed by atoms with van der Waals surface area (Å²) in [5, 5.41) is 14.6. The number of hydrazone groups is 1. The zero-order chi connectivity index (χ0) is 18.2. The van der Waals surface area contributed by atoms with Crippen LogP contribution in [0.4, 0.5) is 5.69 Å². The SMILES string of the molecule is CCc1cc(Br)ccc1OCC(=O)N/N=C/c1ccccc1[N+](=O)[O-]. The van der Waals surface area contributed by atoms with Gasteiger partial charge in [-0.3, -0.25) is 14.9 Å². The second-order valence-corrected chi connectivity index (χ2v) is 5.92. The summed E-state index contributed by atoms with van der Waals surface area (Å²) in [7, 11) is 0. The normalized spacial score (nSPS) is 10.6. The maximum absolute atomic E-state index is 11.8. The molecular formula is C17H16BrN3O4. The van der Waals surface area contributed by atoms with Crippen molar-refractivity contribution in [2.45, 2.75) is 13.3 Å². The van der Waals surface area contributed by atoms with Crippen LogP contribution >= 0.6 is 15.9 Å². The molecule has 0 heterocycles. The van der Waals surface area contributed by atoms with Gasteiger partial charge in [-0.1, -0.05) is 35.0 Å². The number of nitro groups is 1. The van der Waals surface area contributed by atoms with Crippen LogP contribution in [0, 0.1) is 10.1 Å². The van der Waals surface area contributed by atoms with Crippen molar-refractivity contribution in [3.8, 4) is 5.75 Å². The Bertz CT molecular complexity index is 808. The molecule has 2 aromatic carbocycles. The van der Waals surface area contributed by atoms with E-state index in [1.54, 1.807) is 24.3 Å². The van der Waals surface area contributed by atoms with Crippen LogP contribution in [0.1, 0.15) is 18.1 Å². The third kappa shape index (κ3) is 5.39. The van der Waals surface area contributed by atoms with Gasteiger partial charge >= 0.3 is 0 Å². The number of hydrogen-bond donors (Lipinski definition) is 1. The van der Waals surface area contributed by atoms with Gasteiger partial charge in [-0.25, -0.2) is 5.43 Å². The first kappa shape index (κ1) is 18.6. The maximum Gasteiger partial charge on any atom is 0.278 e. The molecule has 0 aliphatic rings. The number of ether oxygens (including phenoxy) is 1. The number of para-hydroxylation sites is 1. The number of rotatable bonds is 7. The quantitative estimate of drug-likeness (QED) is 0.433. The summed E-state index contributed by atoms with van der Waals surface area (Å²) in [6, 6.07) is 11.7. The molecule has 0 aliphatic carbocycles. The molecule has 1 amide bonds. The monoisotopic (exact) mass is 405 g/mol. The molecule has 0 aliphatic heterocycles. The molecule has 0 unspecified atom stereocenters. The number of nitrogens with one attached hydrogen (secondary N) is 1. The fourth-order valence-electron chi connectivity index (χ4n) is 2.08. The molecule has 0 bridgehead atoms. The Balaban J connectivity index is 1.92. The summed E-state index contributed by atoms with van der Waals surface area (Å²) in [5.41, 5.74) is 3.48. The van der Waals surface area contributed by atoms with E-state index in [2.05, 4.69) is 26.5 Å². The molecule has 0 atom stereocenters. The van der Waals surface area contributed by atoms with Crippen molar-refractivity contribution in [3.63, 3.8) is 0 Å². The number of carbonyl (C=O) groups excluding carboxylic acids is 1. The highest BCUT2D eigenvalue weighted by molar-refractivity contribution is 9.10. The number of halogens is 1.